The molecule has 0 saturated carbocycles. The Labute approximate surface area is 158 Å². The van der Waals surface area contributed by atoms with E-state index in [1.807, 2.05) is 0 Å². The van der Waals surface area contributed by atoms with Gasteiger partial charge in [-0.15, -0.1) is 5.10 Å². The fraction of sp³-hybridized carbons (Fsp3) is 0.222. The van der Waals surface area contributed by atoms with Crippen LogP contribution in [0.25, 0.3) is 5.69 Å². The molecule has 1 aromatic heterocycles. The predicted octanol–water partition coefficient (Wildman–Crippen LogP) is 3.24. The second kappa shape index (κ2) is 7.67. The summed E-state index contributed by atoms with van der Waals surface area (Å²) in [6.07, 6.45) is -4.46. The summed E-state index contributed by atoms with van der Waals surface area (Å²) >= 11 is 0. The van der Waals surface area contributed by atoms with Gasteiger partial charge in [-0.3, -0.25) is 4.79 Å². The zero-order valence-corrected chi connectivity index (χ0v) is 15.0. The van der Waals surface area contributed by atoms with Crippen molar-refractivity contribution in [3.8, 4) is 11.4 Å². The fourth-order valence-corrected chi connectivity index (χ4v) is 2.41. The summed E-state index contributed by atoms with van der Waals surface area (Å²) < 4.78 is 45.5. The van der Waals surface area contributed by atoms with Crippen LogP contribution in [0.15, 0.2) is 48.5 Å². The molecule has 0 spiro atoms. The maximum absolute atomic E-state index is 12.9. The summed E-state index contributed by atoms with van der Waals surface area (Å²) in [7, 11) is 1.65. The molecule has 0 radical (unpaired) electrons. The molecule has 146 valence electrons. The van der Waals surface area contributed by atoms with Crippen molar-refractivity contribution in [2.75, 3.05) is 11.9 Å². The van der Waals surface area contributed by atoms with E-state index in [1.165, 1.54) is 28.6 Å². The van der Waals surface area contributed by atoms with Gasteiger partial charge in [-0.25, -0.2) is 0 Å². The molecule has 3 aromatic rings. The molecule has 28 heavy (non-hydrogen) atoms. The van der Waals surface area contributed by atoms with Gasteiger partial charge in [-0.1, -0.05) is 6.07 Å². The Balaban J connectivity index is 1.74. The van der Waals surface area contributed by atoms with E-state index < -0.39 is 11.7 Å². The number of nitrogens with zero attached hydrogens (tertiary/aromatic N) is 5. The van der Waals surface area contributed by atoms with Crippen LogP contribution in [0.1, 0.15) is 18.3 Å². The summed E-state index contributed by atoms with van der Waals surface area (Å²) in [4.78, 5) is 12.9. The highest BCUT2D eigenvalue weighted by molar-refractivity contribution is 5.90. The molecule has 0 saturated heterocycles. The molecule has 7 nitrogen and oxygen atoms in total. The highest BCUT2D eigenvalue weighted by Gasteiger charge is 2.30. The molecule has 0 bridgehead atoms. The third kappa shape index (κ3) is 4.27. The largest absolute Gasteiger partial charge is 0.486 e. The second-order valence-electron chi connectivity index (χ2n) is 5.92. The number of hydrogen-bond donors (Lipinski definition) is 0. The molecule has 0 fully saturated rings. The number of halogens is 3. The minimum atomic E-state index is -4.46. The summed E-state index contributed by atoms with van der Waals surface area (Å²) in [5.74, 6) is 0.637. The monoisotopic (exact) mass is 391 g/mol. The van der Waals surface area contributed by atoms with Crippen molar-refractivity contribution in [1.29, 1.82) is 0 Å². The van der Waals surface area contributed by atoms with E-state index >= 15 is 0 Å². The number of benzene rings is 2. The first kappa shape index (κ1) is 19.3. The summed E-state index contributed by atoms with van der Waals surface area (Å²) in [5.41, 5.74) is 0.0862. The lowest BCUT2D eigenvalue weighted by molar-refractivity contribution is -0.137. The molecule has 0 aliphatic heterocycles. The third-order valence-corrected chi connectivity index (χ3v) is 4.02. The molecule has 3 rings (SSSR count). The SMILES string of the molecule is CC(=O)N(C)c1ccc(OCc2nnnn2-c2cccc(C(F)(F)F)c2)cc1. The molecule has 0 atom stereocenters. The topological polar surface area (TPSA) is 73.1 Å². The average molecular weight is 391 g/mol. The first-order valence-electron chi connectivity index (χ1n) is 8.18. The van der Waals surface area contributed by atoms with Gasteiger partial charge in [0.2, 0.25) is 5.91 Å². The Morgan fingerprint density at radius 1 is 1.18 bits per heavy atom. The quantitative estimate of drug-likeness (QED) is 0.668. The van der Waals surface area contributed by atoms with E-state index in [0.29, 0.717) is 11.4 Å². The van der Waals surface area contributed by atoms with Crippen molar-refractivity contribution in [2.24, 2.45) is 0 Å². The predicted molar refractivity (Wildman–Crippen MR) is 94.0 cm³/mol. The van der Waals surface area contributed by atoms with Gasteiger partial charge in [0.1, 0.15) is 12.4 Å². The molecule has 1 amide bonds. The van der Waals surface area contributed by atoms with Crippen LogP contribution in [0.2, 0.25) is 0 Å². The van der Waals surface area contributed by atoms with Gasteiger partial charge in [0.25, 0.3) is 0 Å². The second-order valence-corrected chi connectivity index (χ2v) is 5.92. The van der Waals surface area contributed by atoms with Crippen LogP contribution in [0.4, 0.5) is 18.9 Å². The van der Waals surface area contributed by atoms with Crippen molar-refractivity contribution in [2.45, 2.75) is 19.7 Å². The number of alkyl halides is 3. The van der Waals surface area contributed by atoms with E-state index in [0.717, 1.165) is 12.1 Å². The Bertz CT molecular complexity index is 970. The minimum Gasteiger partial charge on any atom is -0.486 e. The van der Waals surface area contributed by atoms with Gasteiger partial charge < -0.3 is 9.64 Å². The first-order chi connectivity index (χ1) is 13.3. The Kier molecular flexibility index (Phi) is 5.30. The number of carbonyl (C=O) groups excluding carboxylic acids is 1. The number of rotatable bonds is 5. The molecule has 1 heterocycles. The van der Waals surface area contributed by atoms with Gasteiger partial charge in [0.05, 0.1) is 11.3 Å². The number of hydrogen-bond acceptors (Lipinski definition) is 5. The van der Waals surface area contributed by atoms with Gasteiger partial charge in [0.15, 0.2) is 5.82 Å². The Morgan fingerprint density at radius 2 is 1.89 bits per heavy atom. The molecule has 0 unspecified atom stereocenters. The summed E-state index contributed by atoms with van der Waals surface area (Å²) in [6.45, 7) is 1.41. The van der Waals surface area contributed by atoms with E-state index in [-0.39, 0.29) is 24.0 Å². The van der Waals surface area contributed by atoms with Crippen LogP contribution < -0.4 is 9.64 Å². The fourth-order valence-electron chi connectivity index (χ4n) is 2.41. The Morgan fingerprint density at radius 3 is 2.54 bits per heavy atom. The minimum absolute atomic E-state index is 0.0505. The highest BCUT2D eigenvalue weighted by Crippen LogP contribution is 2.30. The molecule has 2 aromatic carbocycles. The zero-order valence-electron chi connectivity index (χ0n) is 15.0. The lowest BCUT2D eigenvalue weighted by Crippen LogP contribution is -2.22. The van der Waals surface area contributed by atoms with Crippen molar-refractivity contribution in [1.82, 2.24) is 20.2 Å². The van der Waals surface area contributed by atoms with E-state index in [4.69, 9.17) is 4.74 Å². The van der Waals surface area contributed by atoms with E-state index in [1.54, 1.807) is 31.3 Å². The van der Waals surface area contributed by atoms with E-state index in [2.05, 4.69) is 15.5 Å². The van der Waals surface area contributed by atoms with Crippen LogP contribution >= 0.6 is 0 Å². The van der Waals surface area contributed by atoms with Crippen LogP contribution in [0.5, 0.6) is 5.75 Å². The molecule has 10 heteroatoms. The van der Waals surface area contributed by atoms with Crippen molar-refractivity contribution in [3.05, 3.63) is 59.9 Å². The Hall–Kier alpha value is -3.43. The van der Waals surface area contributed by atoms with Crippen molar-refractivity contribution >= 4 is 11.6 Å². The van der Waals surface area contributed by atoms with Crippen LogP contribution in [-0.2, 0) is 17.6 Å². The number of anilines is 1. The normalized spacial score (nSPS) is 11.3. The van der Waals surface area contributed by atoms with Gasteiger partial charge >= 0.3 is 6.18 Å². The standard InChI is InChI=1S/C18H16F3N5O2/c1-12(27)25(2)14-6-8-16(9-7-14)28-11-17-22-23-24-26(17)15-5-3-4-13(10-15)18(19,20)21/h3-10H,11H2,1-2H3. The third-order valence-electron chi connectivity index (χ3n) is 4.02. The number of aromatic nitrogens is 4. The number of amides is 1. The lowest BCUT2D eigenvalue weighted by Gasteiger charge is -2.15. The van der Waals surface area contributed by atoms with E-state index in [9.17, 15) is 18.0 Å². The summed E-state index contributed by atoms with van der Waals surface area (Å²) in [5, 5.41) is 11.1. The number of ether oxygens (including phenoxy) is 1. The maximum atomic E-state index is 12.9. The molecule has 0 N–H and O–H groups in total. The maximum Gasteiger partial charge on any atom is 0.416 e. The van der Waals surface area contributed by atoms with Gasteiger partial charge in [-0.2, -0.15) is 17.9 Å². The lowest BCUT2D eigenvalue weighted by atomic mass is 10.2. The molecule has 0 aliphatic carbocycles. The molecular formula is C18H16F3N5O2. The van der Waals surface area contributed by atoms with Gasteiger partial charge in [0, 0.05) is 19.7 Å². The van der Waals surface area contributed by atoms with Crippen LogP contribution in [0.3, 0.4) is 0 Å². The van der Waals surface area contributed by atoms with Gasteiger partial charge in [-0.05, 0) is 52.9 Å². The van der Waals surface area contributed by atoms with Crippen LogP contribution in [-0.4, -0.2) is 33.2 Å². The van der Waals surface area contributed by atoms with Crippen LogP contribution in [0, 0.1) is 0 Å². The van der Waals surface area contributed by atoms with Crippen molar-refractivity contribution in [3.63, 3.8) is 0 Å². The number of carbonyl (C=O) groups is 1. The number of tetrazole rings is 1. The zero-order chi connectivity index (χ0) is 20.3. The van der Waals surface area contributed by atoms with Crippen molar-refractivity contribution < 1.29 is 22.7 Å². The first-order valence-corrected chi connectivity index (χ1v) is 8.18. The molecule has 0 aliphatic rings. The smallest absolute Gasteiger partial charge is 0.416 e. The average Bonchev–Trinajstić information content (AvgIpc) is 3.14. The summed E-state index contributed by atoms with van der Waals surface area (Å²) in [6, 6.07) is 11.5. The highest BCUT2D eigenvalue weighted by atomic mass is 19.4. The molecular weight excluding hydrogens is 375 g/mol.